The van der Waals surface area contributed by atoms with Crippen molar-refractivity contribution < 1.29 is 27.4 Å². The lowest BCUT2D eigenvalue weighted by molar-refractivity contribution is -0.123. The predicted molar refractivity (Wildman–Crippen MR) is 108 cm³/mol. The number of carbonyl (C=O) groups excluding carboxylic acids is 1. The molecule has 0 fully saturated rings. The molecule has 2 rings (SSSR count). The van der Waals surface area contributed by atoms with Crippen LogP contribution in [0.3, 0.4) is 0 Å². The zero-order chi connectivity index (χ0) is 21.8. The molecule has 0 aliphatic rings. The smallest absolute Gasteiger partial charge is 0.270 e. The van der Waals surface area contributed by atoms with Crippen molar-refractivity contribution in [2.24, 2.45) is 5.41 Å². The minimum Gasteiger partial charge on any atom is -0.493 e. The van der Waals surface area contributed by atoms with Crippen LogP contribution in [0.15, 0.2) is 16.5 Å². The van der Waals surface area contributed by atoms with Gasteiger partial charge in [0.2, 0.25) is 21.1 Å². The Kier molecular flexibility index (Phi) is 7.03. The average Bonchev–Trinajstić information content (AvgIpc) is 3.14. The zero-order valence-corrected chi connectivity index (χ0v) is 18.7. The lowest BCUT2D eigenvalue weighted by atomic mass is 9.96. The van der Waals surface area contributed by atoms with Crippen LogP contribution >= 0.6 is 11.3 Å². The fourth-order valence-electron chi connectivity index (χ4n) is 2.13. The summed E-state index contributed by atoms with van der Waals surface area (Å²) in [4.78, 5) is 12.0. The van der Waals surface area contributed by atoms with Crippen LogP contribution in [0, 0.1) is 5.41 Å². The molecule has 0 atom stereocenters. The SMILES string of the molecule is COc1cc(CNS(=O)(=O)c2nnc(NC(=O)C(C)(C)C)s2)cc(OC)c1OC. The Morgan fingerprint density at radius 2 is 1.66 bits per heavy atom. The van der Waals surface area contributed by atoms with Crippen LogP contribution in [0.5, 0.6) is 17.2 Å². The van der Waals surface area contributed by atoms with Crippen LogP contribution < -0.4 is 24.2 Å². The Hall–Kier alpha value is -2.44. The van der Waals surface area contributed by atoms with E-state index in [1.54, 1.807) is 32.9 Å². The number of aromatic nitrogens is 2. The van der Waals surface area contributed by atoms with Crippen LogP contribution in [0.25, 0.3) is 0 Å². The van der Waals surface area contributed by atoms with E-state index in [2.05, 4.69) is 20.2 Å². The van der Waals surface area contributed by atoms with Crippen molar-refractivity contribution in [3.05, 3.63) is 17.7 Å². The van der Waals surface area contributed by atoms with Gasteiger partial charge >= 0.3 is 0 Å². The third-order valence-electron chi connectivity index (χ3n) is 3.73. The molecule has 0 aliphatic heterocycles. The molecule has 0 radical (unpaired) electrons. The standard InChI is InChI=1S/C17H24N4O6S2/c1-17(2,3)14(22)19-15-20-21-16(28-15)29(23,24)18-9-10-7-11(25-4)13(27-6)12(8-10)26-5/h7-8,18H,9H2,1-6H3,(H,19,20,22). The van der Waals surface area contributed by atoms with Crippen LogP contribution in [-0.4, -0.2) is 45.9 Å². The molecule has 0 unspecified atom stereocenters. The molecule has 0 saturated heterocycles. The first-order chi connectivity index (χ1) is 13.5. The van der Waals surface area contributed by atoms with E-state index in [-0.39, 0.29) is 21.9 Å². The number of hydrogen-bond donors (Lipinski definition) is 2. The second-order valence-electron chi connectivity index (χ2n) is 6.94. The van der Waals surface area contributed by atoms with E-state index in [0.29, 0.717) is 22.8 Å². The number of sulfonamides is 1. The van der Waals surface area contributed by atoms with E-state index in [1.165, 1.54) is 21.3 Å². The third-order valence-corrected chi connectivity index (χ3v) is 6.34. The maximum atomic E-state index is 12.5. The fraction of sp³-hybridized carbons (Fsp3) is 0.471. The number of hydrogen-bond acceptors (Lipinski definition) is 9. The second kappa shape index (κ2) is 8.93. The number of nitrogens with one attached hydrogen (secondary N) is 2. The maximum absolute atomic E-state index is 12.5. The molecule has 2 N–H and O–H groups in total. The van der Waals surface area contributed by atoms with Crippen molar-refractivity contribution in [2.45, 2.75) is 31.7 Å². The lowest BCUT2D eigenvalue weighted by Crippen LogP contribution is -2.27. The largest absolute Gasteiger partial charge is 0.493 e. The highest BCUT2D eigenvalue weighted by Crippen LogP contribution is 2.38. The summed E-state index contributed by atoms with van der Waals surface area (Å²) in [6.07, 6.45) is 0. The number of ether oxygens (including phenoxy) is 3. The Morgan fingerprint density at radius 1 is 1.07 bits per heavy atom. The van der Waals surface area contributed by atoms with E-state index >= 15 is 0 Å². The Bertz CT molecular complexity index is 957. The molecule has 160 valence electrons. The number of nitrogens with zero attached hydrogens (tertiary/aromatic N) is 2. The molecule has 10 nitrogen and oxygen atoms in total. The van der Waals surface area contributed by atoms with Gasteiger partial charge in [0.05, 0.1) is 21.3 Å². The van der Waals surface area contributed by atoms with E-state index in [1.807, 2.05) is 0 Å². The minimum absolute atomic E-state index is 0.0394. The van der Waals surface area contributed by atoms with Gasteiger partial charge in [0.15, 0.2) is 11.5 Å². The maximum Gasteiger partial charge on any atom is 0.270 e. The normalized spacial score (nSPS) is 11.8. The first-order valence-corrected chi connectivity index (χ1v) is 10.7. The number of amides is 1. The van der Waals surface area contributed by atoms with Gasteiger partial charge in [0.25, 0.3) is 10.0 Å². The summed E-state index contributed by atoms with van der Waals surface area (Å²) >= 11 is 0.767. The first-order valence-electron chi connectivity index (χ1n) is 8.45. The number of methoxy groups -OCH3 is 3. The van der Waals surface area contributed by atoms with Crippen LogP contribution in [0.4, 0.5) is 5.13 Å². The quantitative estimate of drug-likeness (QED) is 0.592. The van der Waals surface area contributed by atoms with Gasteiger partial charge in [-0.3, -0.25) is 4.79 Å². The summed E-state index contributed by atoms with van der Waals surface area (Å²) in [7, 11) is 0.492. The van der Waals surface area contributed by atoms with Gasteiger partial charge in [-0.1, -0.05) is 32.1 Å². The topological polar surface area (TPSA) is 129 Å². The fourth-order valence-corrected chi connectivity index (χ4v) is 4.08. The van der Waals surface area contributed by atoms with Crippen LogP contribution in [0.1, 0.15) is 26.3 Å². The second-order valence-corrected chi connectivity index (χ2v) is 9.85. The summed E-state index contributed by atoms with van der Waals surface area (Å²) < 4.78 is 43.0. The molecule has 0 saturated carbocycles. The van der Waals surface area contributed by atoms with Crippen molar-refractivity contribution in [1.82, 2.24) is 14.9 Å². The third kappa shape index (κ3) is 5.55. The zero-order valence-electron chi connectivity index (χ0n) is 17.0. The average molecular weight is 445 g/mol. The van der Waals surface area contributed by atoms with Gasteiger partial charge < -0.3 is 19.5 Å². The number of benzene rings is 1. The predicted octanol–water partition coefficient (Wildman–Crippen LogP) is 2.03. The van der Waals surface area contributed by atoms with Gasteiger partial charge in [-0.25, -0.2) is 13.1 Å². The molecule has 0 aliphatic carbocycles. The molecule has 2 aromatic rings. The summed E-state index contributed by atoms with van der Waals surface area (Å²) in [6.45, 7) is 5.17. The monoisotopic (exact) mass is 444 g/mol. The van der Waals surface area contributed by atoms with Gasteiger partial charge in [-0.15, -0.1) is 10.2 Å². The van der Waals surface area contributed by atoms with Crippen molar-refractivity contribution in [2.75, 3.05) is 26.6 Å². The summed E-state index contributed by atoms with van der Waals surface area (Å²) in [5.74, 6) is 0.932. The molecule has 0 spiro atoms. The van der Waals surface area contributed by atoms with Gasteiger partial charge in [0.1, 0.15) is 0 Å². The van der Waals surface area contributed by atoms with E-state index in [9.17, 15) is 13.2 Å². The molecule has 1 aromatic carbocycles. The van der Waals surface area contributed by atoms with Crippen molar-refractivity contribution in [3.8, 4) is 17.2 Å². The minimum atomic E-state index is -3.93. The summed E-state index contributed by atoms with van der Waals surface area (Å²) in [6, 6.07) is 3.28. The summed E-state index contributed by atoms with van der Waals surface area (Å²) in [5, 5.41) is 10.1. The van der Waals surface area contributed by atoms with E-state index in [4.69, 9.17) is 14.2 Å². The molecular weight excluding hydrogens is 420 g/mol. The van der Waals surface area contributed by atoms with Crippen molar-refractivity contribution >= 4 is 32.4 Å². The highest BCUT2D eigenvalue weighted by Gasteiger charge is 2.25. The van der Waals surface area contributed by atoms with E-state index in [0.717, 1.165) is 11.3 Å². The van der Waals surface area contributed by atoms with Gasteiger partial charge in [0, 0.05) is 12.0 Å². The molecule has 1 aromatic heterocycles. The Morgan fingerprint density at radius 3 is 2.14 bits per heavy atom. The molecular formula is C17H24N4O6S2. The Balaban J connectivity index is 2.16. The molecule has 0 bridgehead atoms. The highest BCUT2D eigenvalue weighted by atomic mass is 32.2. The number of carbonyl (C=O) groups is 1. The summed E-state index contributed by atoms with van der Waals surface area (Å²) in [5.41, 5.74) is -0.0519. The molecule has 1 amide bonds. The lowest BCUT2D eigenvalue weighted by Gasteiger charge is -2.15. The number of rotatable bonds is 8. The Labute approximate surface area is 173 Å². The van der Waals surface area contributed by atoms with Crippen molar-refractivity contribution in [3.63, 3.8) is 0 Å². The van der Waals surface area contributed by atoms with Crippen LogP contribution in [-0.2, 0) is 21.4 Å². The van der Waals surface area contributed by atoms with Gasteiger partial charge in [-0.05, 0) is 17.7 Å². The highest BCUT2D eigenvalue weighted by molar-refractivity contribution is 7.91. The molecule has 29 heavy (non-hydrogen) atoms. The first kappa shape index (κ1) is 22.8. The van der Waals surface area contributed by atoms with Crippen molar-refractivity contribution in [1.29, 1.82) is 0 Å². The van der Waals surface area contributed by atoms with E-state index < -0.39 is 15.4 Å². The van der Waals surface area contributed by atoms with Crippen LogP contribution in [0.2, 0.25) is 0 Å². The van der Waals surface area contributed by atoms with Gasteiger partial charge in [-0.2, -0.15) is 0 Å². The molecule has 12 heteroatoms. The number of anilines is 1. The molecule has 1 heterocycles.